The molecule has 0 aromatic heterocycles. The summed E-state index contributed by atoms with van der Waals surface area (Å²) in [6.45, 7) is 5.14. The van der Waals surface area contributed by atoms with E-state index in [1.165, 1.54) is 5.75 Å². The Morgan fingerprint density at radius 1 is 1.40 bits per heavy atom. The van der Waals surface area contributed by atoms with Gasteiger partial charge >= 0.3 is 0 Å². The SMILES string of the molecule is CC(C)CSCC=CCN. The van der Waals surface area contributed by atoms with E-state index in [0.29, 0.717) is 6.54 Å². The highest BCUT2D eigenvalue weighted by atomic mass is 32.2. The maximum atomic E-state index is 5.27. The lowest BCUT2D eigenvalue weighted by Gasteiger charge is -2.00. The van der Waals surface area contributed by atoms with Crippen molar-refractivity contribution in [3.05, 3.63) is 12.2 Å². The van der Waals surface area contributed by atoms with Crippen molar-refractivity contribution in [2.45, 2.75) is 13.8 Å². The van der Waals surface area contributed by atoms with E-state index in [0.717, 1.165) is 11.7 Å². The van der Waals surface area contributed by atoms with Crippen LogP contribution in [0.2, 0.25) is 0 Å². The van der Waals surface area contributed by atoms with Crippen molar-refractivity contribution in [3.63, 3.8) is 0 Å². The molecule has 0 heterocycles. The van der Waals surface area contributed by atoms with Crippen molar-refractivity contribution in [1.82, 2.24) is 0 Å². The van der Waals surface area contributed by atoms with Gasteiger partial charge in [-0.2, -0.15) is 11.8 Å². The van der Waals surface area contributed by atoms with Gasteiger partial charge in [-0.25, -0.2) is 0 Å². The van der Waals surface area contributed by atoms with Crippen LogP contribution in [0.25, 0.3) is 0 Å². The van der Waals surface area contributed by atoms with Crippen LogP contribution in [-0.4, -0.2) is 18.1 Å². The number of hydrogen-bond acceptors (Lipinski definition) is 2. The summed E-state index contributed by atoms with van der Waals surface area (Å²) in [6, 6.07) is 0. The quantitative estimate of drug-likeness (QED) is 0.490. The number of nitrogens with two attached hydrogens (primary N) is 1. The van der Waals surface area contributed by atoms with E-state index in [2.05, 4.69) is 19.9 Å². The molecule has 0 bridgehead atoms. The first-order valence-electron chi connectivity index (χ1n) is 3.70. The van der Waals surface area contributed by atoms with Crippen LogP contribution in [0.15, 0.2) is 12.2 Å². The minimum absolute atomic E-state index is 0.669. The zero-order chi connectivity index (χ0) is 7.82. The van der Waals surface area contributed by atoms with Gasteiger partial charge in [0.1, 0.15) is 0 Å². The van der Waals surface area contributed by atoms with Crippen molar-refractivity contribution < 1.29 is 0 Å². The first kappa shape index (κ1) is 10.0. The molecule has 0 aliphatic rings. The molecule has 0 spiro atoms. The fourth-order valence-corrected chi connectivity index (χ4v) is 1.42. The third-order valence-electron chi connectivity index (χ3n) is 0.968. The molecule has 10 heavy (non-hydrogen) atoms. The van der Waals surface area contributed by atoms with Crippen LogP contribution >= 0.6 is 11.8 Å². The monoisotopic (exact) mass is 159 g/mol. The molecule has 0 rings (SSSR count). The molecule has 1 nitrogen and oxygen atoms in total. The molecule has 0 aromatic carbocycles. The second kappa shape index (κ2) is 7.16. The molecule has 0 unspecified atom stereocenters. The summed E-state index contributed by atoms with van der Waals surface area (Å²) in [5.41, 5.74) is 5.27. The summed E-state index contributed by atoms with van der Waals surface area (Å²) in [6.07, 6.45) is 4.14. The fourth-order valence-electron chi connectivity index (χ4n) is 0.536. The van der Waals surface area contributed by atoms with Gasteiger partial charge in [0.05, 0.1) is 0 Å². The average molecular weight is 159 g/mol. The van der Waals surface area contributed by atoms with Crippen LogP contribution < -0.4 is 5.73 Å². The largest absolute Gasteiger partial charge is 0.327 e. The smallest absolute Gasteiger partial charge is 0.0113 e. The normalized spacial score (nSPS) is 11.6. The van der Waals surface area contributed by atoms with Gasteiger partial charge in [-0.05, 0) is 11.7 Å². The first-order chi connectivity index (χ1) is 4.77. The predicted octanol–water partition coefficient (Wildman–Crippen LogP) is 1.89. The van der Waals surface area contributed by atoms with Crippen LogP contribution in [0.4, 0.5) is 0 Å². The van der Waals surface area contributed by atoms with Crippen LogP contribution in [-0.2, 0) is 0 Å². The molecule has 0 amide bonds. The standard InChI is InChI=1S/C8H17NS/c1-8(2)7-10-6-4-3-5-9/h3-4,8H,5-7,9H2,1-2H3. The molecule has 0 radical (unpaired) electrons. The van der Waals surface area contributed by atoms with Gasteiger partial charge in [-0.3, -0.25) is 0 Å². The van der Waals surface area contributed by atoms with Crippen molar-refractivity contribution >= 4 is 11.8 Å². The second-order valence-corrected chi connectivity index (χ2v) is 3.71. The number of thioether (sulfide) groups is 1. The van der Waals surface area contributed by atoms with Gasteiger partial charge in [0.25, 0.3) is 0 Å². The van der Waals surface area contributed by atoms with Crippen LogP contribution in [0.5, 0.6) is 0 Å². The van der Waals surface area contributed by atoms with E-state index in [1.807, 2.05) is 17.8 Å². The van der Waals surface area contributed by atoms with E-state index in [4.69, 9.17) is 5.73 Å². The average Bonchev–Trinajstić information content (AvgIpc) is 1.87. The summed E-state index contributed by atoms with van der Waals surface area (Å²) in [5.74, 6) is 3.15. The molecule has 0 fully saturated rings. The topological polar surface area (TPSA) is 26.0 Å². The highest BCUT2D eigenvalue weighted by Gasteiger charge is 1.90. The molecule has 0 saturated heterocycles. The molecule has 0 aliphatic carbocycles. The van der Waals surface area contributed by atoms with Gasteiger partial charge in [0.2, 0.25) is 0 Å². The maximum absolute atomic E-state index is 5.27. The molecule has 0 aromatic rings. The Balaban J connectivity index is 2.97. The highest BCUT2D eigenvalue weighted by molar-refractivity contribution is 7.99. The zero-order valence-corrected chi connectivity index (χ0v) is 7.66. The van der Waals surface area contributed by atoms with E-state index in [1.54, 1.807) is 0 Å². The van der Waals surface area contributed by atoms with Gasteiger partial charge in [0.15, 0.2) is 0 Å². The minimum Gasteiger partial charge on any atom is -0.327 e. The van der Waals surface area contributed by atoms with Crippen LogP contribution in [0.3, 0.4) is 0 Å². The van der Waals surface area contributed by atoms with Gasteiger partial charge in [-0.15, -0.1) is 0 Å². The van der Waals surface area contributed by atoms with Crippen molar-refractivity contribution in [2.24, 2.45) is 11.7 Å². The Labute approximate surface area is 68.1 Å². The molecule has 2 N–H and O–H groups in total. The van der Waals surface area contributed by atoms with Gasteiger partial charge in [-0.1, -0.05) is 26.0 Å². The molecule has 0 aliphatic heterocycles. The minimum atomic E-state index is 0.669. The van der Waals surface area contributed by atoms with Crippen LogP contribution in [0.1, 0.15) is 13.8 Å². The van der Waals surface area contributed by atoms with E-state index in [-0.39, 0.29) is 0 Å². The van der Waals surface area contributed by atoms with Crippen LogP contribution in [0, 0.1) is 5.92 Å². The second-order valence-electron chi connectivity index (χ2n) is 2.64. The maximum Gasteiger partial charge on any atom is 0.0113 e. The molecular weight excluding hydrogens is 142 g/mol. The molecule has 0 atom stereocenters. The lowest BCUT2D eigenvalue weighted by atomic mass is 10.3. The molecule has 2 heteroatoms. The van der Waals surface area contributed by atoms with E-state index >= 15 is 0 Å². The Kier molecular flexibility index (Phi) is 7.20. The summed E-state index contributed by atoms with van der Waals surface area (Å²) < 4.78 is 0. The molecular formula is C8H17NS. The number of rotatable bonds is 5. The van der Waals surface area contributed by atoms with E-state index in [9.17, 15) is 0 Å². The Bertz CT molecular complexity index is 89.3. The van der Waals surface area contributed by atoms with Crippen molar-refractivity contribution in [2.75, 3.05) is 18.1 Å². The third kappa shape index (κ3) is 8.05. The Hall–Kier alpha value is 0.0500. The lowest BCUT2D eigenvalue weighted by molar-refractivity contribution is 0.751. The summed E-state index contributed by atoms with van der Waals surface area (Å²) >= 11 is 1.96. The third-order valence-corrected chi connectivity index (χ3v) is 2.30. The van der Waals surface area contributed by atoms with Crippen molar-refractivity contribution in [3.8, 4) is 0 Å². The highest BCUT2D eigenvalue weighted by Crippen LogP contribution is 2.06. The van der Waals surface area contributed by atoms with Crippen molar-refractivity contribution in [1.29, 1.82) is 0 Å². The predicted molar refractivity (Wildman–Crippen MR) is 50.4 cm³/mol. The zero-order valence-electron chi connectivity index (χ0n) is 6.84. The summed E-state index contributed by atoms with van der Waals surface area (Å²) in [7, 11) is 0. The Morgan fingerprint density at radius 2 is 2.10 bits per heavy atom. The van der Waals surface area contributed by atoms with Gasteiger partial charge < -0.3 is 5.73 Å². The Morgan fingerprint density at radius 3 is 2.60 bits per heavy atom. The number of hydrogen-bond donors (Lipinski definition) is 1. The molecule has 0 saturated carbocycles. The fraction of sp³-hybridized carbons (Fsp3) is 0.750. The summed E-state index contributed by atoms with van der Waals surface area (Å²) in [4.78, 5) is 0. The van der Waals surface area contributed by atoms with Gasteiger partial charge in [0, 0.05) is 12.3 Å². The first-order valence-corrected chi connectivity index (χ1v) is 4.85. The van der Waals surface area contributed by atoms with E-state index < -0.39 is 0 Å². The summed E-state index contributed by atoms with van der Waals surface area (Å²) in [5, 5.41) is 0. The lowest BCUT2D eigenvalue weighted by Crippen LogP contribution is -1.93. The molecule has 60 valence electrons.